The van der Waals surface area contributed by atoms with Crippen molar-refractivity contribution in [3.05, 3.63) is 131 Å². The number of benzene rings is 4. The number of nitrogens with one attached hydrogen (secondary N) is 1. The molecule has 184 valence electrons. The van der Waals surface area contributed by atoms with Crippen LogP contribution < -0.4 is 9.62 Å². The van der Waals surface area contributed by atoms with E-state index in [0.29, 0.717) is 0 Å². The molecule has 0 aliphatic rings. The molecule has 4 aromatic rings. The van der Waals surface area contributed by atoms with E-state index in [1.807, 2.05) is 68.4 Å². The molecule has 1 atom stereocenters. The number of halogens is 1. The molecule has 4 rings (SSSR count). The molecule has 0 fully saturated rings. The Morgan fingerprint density at radius 3 is 1.89 bits per heavy atom. The number of hydrogen-bond donors (Lipinski definition) is 1. The highest BCUT2D eigenvalue weighted by Crippen LogP contribution is 2.26. The molecule has 0 aliphatic heterocycles. The zero-order valence-electron chi connectivity index (χ0n) is 20.1. The molecule has 36 heavy (non-hydrogen) atoms. The molecule has 0 aromatic heterocycles. The lowest BCUT2D eigenvalue weighted by atomic mass is 9.98. The van der Waals surface area contributed by atoms with Crippen LogP contribution in [-0.2, 0) is 14.8 Å². The van der Waals surface area contributed by atoms with E-state index >= 15 is 0 Å². The van der Waals surface area contributed by atoms with Crippen molar-refractivity contribution < 1.29 is 17.6 Å². The first-order chi connectivity index (χ1) is 17.2. The predicted octanol–water partition coefficient (Wildman–Crippen LogP) is 5.54. The van der Waals surface area contributed by atoms with Crippen molar-refractivity contribution in [3.8, 4) is 0 Å². The van der Waals surface area contributed by atoms with Crippen molar-refractivity contribution >= 4 is 21.6 Å². The van der Waals surface area contributed by atoms with Gasteiger partial charge in [-0.1, -0.05) is 77.9 Å². The average molecular weight is 503 g/mol. The molecular formula is C29H27FN2O3S. The van der Waals surface area contributed by atoms with Gasteiger partial charge < -0.3 is 5.32 Å². The molecule has 0 spiro atoms. The van der Waals surface area contributed by atoms with Crippen LogP contribution in [0.25, 0.3) is 0 Å². The minimum atomic E-state index is -4.10. The SMILES string of the molecule is Cc1ccc([C@H](NC(=O)CN(c2ccc(F)cc2)S(=O)(=O)c2ccc(C)cc2)c2ccccc2)cc1. The number of nitrogens with zero attached hydrogens (tertiary/aromatic N) is 1. The number of carbonyl (C=O) groups excluding carboxylic acids is 1. The lowest BCUT2D eigenvalue weighted by Gasteiger charge is -2.26. The highest BCUT2D eigenvalue weighted by atomic mass is 32.2. The van der Waals surface area contributed by atoms with E-state index in [4.69, 9.17) is 0 Å². The van der Waals surface area contributed by atoms with Gasteiger partial charge in [-0.25, -0.2) is 12.8 Å². The number of hydrogen-bond acceptors (Lipinski definition) is 3. The van der Waals surface area contributed by atoms with E-state index in [1.54, 1.807) is 12.1 Å². The summed E-state index contributed by atoms with van der Waals surface area (Å²) in [6.45, 7) is 3.36. The molecule has 5 nitrogen and oxygen atoms in total. The first kappa shape index (κ1) is 25.1. The Bertz CT molecular complexity index is 1420. The molecule has 0 saturated carbocycles. The number of aryl methyl sites for hydroxylation is 2. The Kier molecular flexibility index (Phi) is 7.50. The zero-order chi connectivity index (χ0) is 25.7. The lowest BCUT2D eigenvalue weighted by molar-refractivity contribution is -0.120. The molecule has 0 radical (unpaired) electrons. The van der Waals surface area contributed by atoms with Crippen LogP contribution in [-0.4, -0.2) is 20.9 Å². The van der Waals surface area contributed by atoms with Gasteiger partial charge in [-0.3, -0.25) is 9.10 Å². The monoisotopic (exact) mass is 502 g/mol. The van der Waals surface area contributed by atoms with E-state index in [-0.39, 0.29) is 10.6 Å². The van der Waals surface area contributed by atoms with Gasteiger partial charge >= 0.3 is 0 Å². The van der Waals surface area contributed by atoms with E-state index in [2.05, 4.69) is 5.32 Å². The first-order valence-corrected chi connectivity index (χ1v) is 12.9. The largest absolute Gasteiger partial charge is 0.344 e. The van der Waals surface area contributed by atoms with Crippen LogP contribution in [0.4, 0.5) is 10.1 Å². The predicted molar refractivity (Wildman–Crippen MR) is 140 cm³/mol. The van der Waals surface area contributed by atoms with Crippen molar-refractivity contribution in [2.75, 3.05) is 10.8 Å². The summed E-state index contributed by atoms with van der Waals surface area (Å²) >= 11 is 0. The maximum Gasteiger partial charge on any atom is 0.264 e. The fourth-order valence-electron chi connectivity index (χ4n) is 3.86. The van der Waals surface area contributed by atoms with Crippen LogP contribution in [0.1, 0.15) is 28.3 Å². The summed E-state index contributed by atoms with van der Waals surface area (Å²) in [7, 11) is -4.10. The fraction of sp³-hybridized carbons (Fsp3) is 0.138. The molecular weight excluding hydrogens is 475 g/mol. The minimum absolute atomic E-state index is 0.0448. The summed E-state index contributed by atoms with van der Waals surface area (Å²) in [6, 6.07) is 28.2. The van der Waals surface area contributed by atoms with Crippen LogP contribution in [0, 0.1) is 19.7 Å². The van der Waals surface area contributed by atoms with Crippen molar-refractivity contribution in [2.24, 2.45) is 0 Å². The van der Waals surface area contributed by atoms with E-state index < -0.39 is 34.3 Å². The molecule has 7 heteroatoms. The van der Waals surface area contributed by atoms with Crippen LogP contribution in [0.3, 0.4) is 0 Å². The second kappa shape index (κ2) is 10.7. The maximum atomic E-state index is 13.6. The van der Waals surface area contributed by atoms with Gasteiger partial charge in [0.15, 0.2) is 0 Å². The van der Waals surface area contributed by atoms with Crippen molar-refractivity contribution in [1.29, 1.82) is 0 Å². The zero-order valence-corrected chi connectivity index (χ0v) is 20.9. The Morgan fingerprint density at radius 1 is 0.778 bits per heavy atom. The lowest BCUT2D eigenvalue weighted by Crippen LogP contribution is -2.42. The van der Waals surface area contributed by atoms with Gasteiger partial charge in [0.25, 0.3) is 10.0 Å². The Balaban J connectivity index is 1.68. The summed E-state index contributed by atoms with van der Waals surface area (Å²) in [5.74, 6) is -0.996. The third-order valence-electron chi connectivity index (χ3n) is 5.86. The van der Waals surface area contributed by atoms with Crippen LogP contribution in [0.5, 0.6) is 0 Å². The molecule has 1 amide bonds. The average Bonchev–Trinajstić information content (AvgIpc) is 2.88. The topological polar surface area (TPSA) is 66.5 Å². The minimum Gasteiger partial charge on any atom is -0.344 e. The van der Waals surface area contributed by atoms with E-state index in [1.165, 1.54) is 36.4 Å². The quantitative estimate of drug-likeness (QED) is 0.344. The standard InChI is InChI=1S/C29H27FN2O3S/c1-21-8-12-24(13-9-21)29(23-6-4-3-5-7-23)31-28(33)20-32(26-16-14-25(30)15-17-26)36(34,35)27-18-10-22(2)11-19-27/h3-19,29H,20H2,1-2H3,(H,31,33)/t29-/m1/s1. The molecule has 1 N–H and O–H groups in total. The highest BCUT2D eigenvalue weighted by molar-refractivity contribution is 7.92. The van der Waals surface area contributed by atoms with Crippen LogP contribution in [0.15, 0.2) is 108 Å². The molecule has 0 saturated heterocycles. The van der Waals surface area contributed by atoms with Crippen LogP contribution in [0.2, 0.25) is 0 Å². The summed E-state index contributed by atoms with van der Waals surface area (Å²) in [5.41, 5.74) is 3.92. The van der Waals surface area contributed by atoms with Gasteiger partial charge in [0.2, 0.25) is 5.91 Å². The number of anilines is 1. The van der Waals surface area contributed by atoms with Gasteiger partial charge in [0.1, 0.15) is 12.4 Å². The van der Waals surface area contributed by atoms with Gasteiger partial charge in [-0.2, -0.15) is 0 Å². The van der Waals surface area contributed by atoms with Crippen molar-refractivity contribution in [2.45, 2.75) is 24.8 Å². The number of amides is 1. The van der Waals surface area contributed by atoms with Crippen LogP contribution >= 0.6 is 0 Å². The Labute approximate surface area is 211 Å². The number of sulfonamides is 1. The number of rotatable bonds is 8. The van der Waals surface area contributed by atoms with Gasteiger partial charge in [0.05, 0.1) is 16.6 Å². The Hall–Kier alpha value is -3.97. The summed E-state index contributed by atoms with van der Waals surface area (Å²) in [4.78, 5) is 13.4. The molecule has 0 unspecified atom stereocenters. The Morgan fingerprint density at radius 2 is 1.31 bits per heavy atom. The normalized spacial score (nSPS) is 12.1. The second-order valence-electron chi connectivity index (χ2n) is 8.62. The van der Waals surface area contributed by atoms with E-state index in [9.17, 15) is 17.6 Å². The molecule has 4 aromatic carbocycles. The first-order valence-electron chi connectivity index (χ1n) is 11.5. The van der Waals surface area contributed by atoms with Gasteiger partial charge in [-0.15, -0.1) is 0 Å². The third-order valence-corrected chi connectivity index (χ3v) is 7.65. The highest BCUT2D eigenvalue weighted by Gasteiger charge is 2.28. The van der Waals surface area contributed by atoms with Gasteiger partial charge in [-0.05, 0) is 61.4 Å². The maximum absolute atomic E-state index is 13.6. The smallest absolute Gasteiger partial charge is 0.264 e. The van der Waals surface area contributed by atoms with Crippen molar-refractivity contribution in [1.82, 2.24) is 5.32 Å². The van der Waals surface area contributed by atoms with Crippen molar-refractivity contribution in [3.63, 3.8) is 0 Å². The summed E-state index contributed by atoms with van der Waals surface area (Å²) < 4.78 is 41.8. The third kappa shape index (κ3) is 5.80. The summed E-state index contributed by atoms with van der Waals surface area (Å²) in [6.07, 6.45) is 0. The van der Waals surface area contributed by atoms with E-state index in [0.717, 1.165) is 26.6 Å². The fourth-order valence-corrected chi connectivity index (χ4v) is 5.28. The molecule has 0 aliphatic carbocycles. The summed E-state index contributed by atoms with van der Waals surface area (Å²) in [5, 5.41) is 2.99. The molecule has 0 heterocycles. The second-order valence-corrected chi connectivity index (χ2v) is 10.5. The number of carbonyl (C=O) groups is 1. The van der Waals surface area contributed by atoms with Gasteiger partial charge in [0, 0.05) is 0 Å². The molecule has 0 bridgehead atoms.